The van der Waals surface area contributed by atoms with Gasteiger partial charge in [-0.15, -0.1) is 0 Å². The first-order valence-corrected chi connectivity index (χ1v) is 7.84. The SMILES string of the molecule is NCC(c1ccccc1Cl)N(CC1CC1)CC1CC1. The predicted octanol–water partition coefficient (Wildman–Crippen LogP) is 3.46. The first kappa shape index (κ1) is 13.4. The molecular formula is C16H23ClN2. The molecule has 0 aromatic heterocycles. The van der Waals surface area contributed by atoms with E-state index in [0.29, 0.717) is 6.54 Å². The van der Waals surface area contributed by atoms with Gasteiger partial charge in [0.1, 0.15) is 0 Å². The van der Waals surface area contributed by atoms with Gasteiger partial charge in [-0.05, 0) is 49.1 Å². The van der Waals surface area contributed by atoms with Crippen LogP contribution in [0.15, 0.2) is 24.3 Å². The molecule has 0 amide bonds. The fourth-order valence-corrected chi connectivity index (χ4v) is 3.07. The zero-order valence-electron chi connectivity index (χ0n) is 11.4. The molecule has 3 rings (SSSR count). The summed E-state index contributed by atoms with van der Waals surface area (Å²) in [6.45, 7) is 3.05. The minimum Gasteiger partial charge on any atom is -0.329 e. The lowest BCUT2D eigenvalue weighted by Crippen LogP contribution is -2.37. The van der Waals surface area contributed by atoms with Gasteiger partial charge in [-0.3, -0.25) is 4.90 Å². The van der Waals surface area contributed by atoms with Crippen molar-refractivity contribution in [3.8, 4) is 0 Å². The van der Waals surface area contributed by atoms with Crippen molar-refractivity contribution in [3.05, 3.63) is 34.9 Å². The number of rotatable bonds is 7. The third-order valence-electron chi connectivity index (χ3n) is 4.31. The summed E-state index contributed by atoms with van der Waals surface area (Å²) in [6, 6.07) is 8.45. The number of hydrogen-bond donors (Lipinski definition) is 1. The Bertz CT molecular complexity index is 413. The molecule has 2 aliphatic rings. The first-order chi connectivity index (χ1) is 9.28. The molecule has 0 bridgehead atoms. The fourth-order valence-electron chi connectivity index (χ4n) is 2.81. The average Bonchev–Trinajstić information content (AvgIpc) is 3.28. The second-order valence-corrected chi connectivity index (χ2v) is 6.52. The lowest BCUT2D eigenvalue weighted by atomic mass is 10.0. The summed E-state index contributed by atoms with van der Waals surface area (Å²) >= 11 is 6.36. The zero-order valence-corrected chi connectivity index (χ0v) is 12.1. The van der Waals surface area contributed by atoms with Crippen molar-refractivity contribution in [3.63, 3.8) is 0 Å². The highest BCUT2D eigenvalue weighted by Gasteiger charge is 2.33. The van der Waals surface area contributed by atoms with Crippen LogP contribution in [0, 0.1) is 11.8 Å². The largest absolute Gasteiger partial charge is 0.329 e. The van der Waals surface area contributed by atoms with Crippen LogP contribution in [0.3, 0.4) is 0 Å². The third kappa shape index (κ3) is 3.50. The molecule has 3 heteroatoms. The average molecular weight is 279 g/mol. The minimum atomic E-state index is 0.287. The number of nitrogens with two attached hydrogens (primary N) is 1. The van der Waals surface area contributed by atoms with Crippen LogP contribution in [0.25, 0.3) is 0 Å². The Balaban J connectivity index is 1.77. The molecule has 0 radical (unpaired) electrons. The van der Waals surface area contributed by atoms with Crippen LogP contribution in [0.5, 0.6) is 0 Å². The Labute approximate surface area is 120 Å². The van der Waals surface area contributed by atoms with E-state index < -0.39 is 0 Å². The van der Waals surface area contributed by atoms with E-state index in [0.717, 1.165) is 16.9 Å². The van der Waals surface area contributed by atoms with Gasteiger partial charge in [0, 0.05) is 30.7 Å². The minimum absolute atomic E-state index is 0.287. The molecule has 2 fully saturated rings. The van der Waals surface area contributed by atoms with E-state index in [1.807, 2.05) is 12.1 Å². The topological polar surface area (TPSA) is 29.3 Å². The number of hydrogen-bond acceptors (Lipinski definition) is 2. The van der Waals surface area contributed by atoms with Gasteiger partial charge in [0.25, 0.3) is 0 Å². The molecule has 0 heterocycles. The van der Waals surface area contributed by atoms with Gasteiger partial charge in [-0.1, -0.05) is 29.8 Å². The molecule has 1 atom stereocenters. The van der Waals surface area contributed by atoms with E-state index >= 15 is 0 Å². The molecule has 2 nitrogen and oxygen atoms in total. The fraction of sp³-hybridized carbons (Fsp3) is 0.625. The van der Waals surface area contributed by atoms with E-state index in [9.17, 15) is 0 Å². The smallest absolute Gasteiger partial charge is 0.0485 e. The highest BCUT2D eigenvalue weighted by Crippen LogP contribution is 2.38. The molecule has 1 aromatic rings. The summed E-state index contributed by atoms with van der Waals surface area (Å²) in [5.41, 5.74) is 7.27. The number of nitrogens with zero attached hydrogens (tertiary/aromatic N) is 1. The Morgan fingerprint density at radius 1 is 1.11 bits per heavy atom. The van der Waals surface area contributed by atoms with Crippen LogP contribution >= 0.6 is 11.6 Å². The zero-order chi connectivity index (χ0) is 13.2. The van der Waals surface area contributed by atoms with Crippen molar-refractivity contribution in [1.29, 1.82) is 0 Å². The summed E-state index contributed by atoms with van der Waals surface area (Å²) < 4.78 is 0. The molecule has 19 heavy (non-hydrogen) atoms. The lowest BCUT2D eigenvalue weighted by Gasteiger charge is -2.32. The maximum absolute atomic E-state index is 6.36. The molecule has 104 valence electrons. The lowest BCUT2D eigenvalue weighted by molar-refractivity contribution is 0.185. The molecule has 1 aromatic carbocycles. The highest BCUT2D eigenvalue weighted by atomic mass is 35.5. The maximum Gasteiger partial charge on any atom is 0.0485 e. The van der Waals surface area contributed by atoms with E-state index in [-0.39, 0.29) is 6.04 Å². The summed E-state index contributed by atoms with van der Waals surface area (Å²) in [5.74, 6) is 1.80. The second-order valence-electron chi connectivity index (χ2n) is 6.11. The molecule has 2 aliphatic carbocycles. The maximum atomic E-state index is 6.36. The van der Waals surface area contributed by atoms with Gasteiger partial charge >= 0.3 is 0 Å². The molecule has 2 N–H and O–H groups in total. The standard InChI is InChI=1S/C16H23ClN2/c17-15-4-2-1-3-14(15)16(9-18)19(10-12-5-6-12)11-13-7-8-13/h1-4,12-13,16H,5-11,18H2. The van der Waals surface area contributed by atoms with Crippen LogP contribution in [0.2, 0.25) is 5.02 Å². The van der Waals surface area contributed by atoms with Crippen LogP contribution in [-0.2, 0) is 0 Å². The van der Waals surface area contributed by atoms with Crippen LogP contribution in [-0.4, -0.2) is 24.5 Å². The summed E-state index contributed by atoms with van der Waals surface area (Å²) in [5, 5.41) is 0.856. The van der Waals surface area contributed by atoms with E-state index in [1.165, 1.54) is 44.3 Å². The second kappa shape index (κ2) is 5.82. The number of benzene rings is 1. The van der Waals surface area contributed by atoms with Crippen LogP contribution < -0.4 is 5.73 Å². The summed E-state index contributed by atoms with van der Waals surface area (Å²) in [7, 11) is 0. The van der Waals surface area contributed by atoms with Crippen LogP contribution in [0.4, 0.5) is 0 Å². The van der Waals surface area contributed by atoms with Crippen molar-refractivity contribution in [1.82, 2.24) is 4.90 Å². The van der Waals surface area contributed by atoms with Crippen molar-refractivity contribution >= 4 is 11.6 Å². The van der Waals surface area contributed by atoms with Gasteiger partial charge in [0.05, 0.1) is 0 Å². The molecule has 1 unspecified atom stereocenters. The molecule has 2 saturated carbocycles. The Morgan fingerprint density at radius 2 is 1.68 bits per heavy atom. The molecule has 0 saturated heterocycles. The summed E-state index contributed by atoms with van der Waals surface area (Å²) in [6.07, 6.45) is 5.56. The van der Waals surface area contributed by atoms with E-state index in [1.54, 1.807) is 0 Å². The Morgan fingerprint density at radius 3 is 2.16 bits per heavy atom. The summed E-state index contributed by atoms with van der Waals surface area (Å²) in [4.78, 5) is 2.59. The quantitative estimate of drug-likeness (QED) is 0.828. The van der Waals surface area contributed by atoms with Crippen molar-refractivity contribution < 1.29 is 0 Å². The van der Waals surface area contributed by atoms with E-state index in [4.69, 9.17) is 17.3 Å². The van der Waals surface area contributed by atoms with Crippen molar-refractivity contribution in [2.45, 2.75) is 31.7 Å². The van der Waals surface area contributed by atoms with Crippen molar-refractivity contribution in [2.24, 2.45) is 17.6 Å². The van der Waals surface area contributed by atoms with Gasteiger partial charge in [0.15, 0.2) is 0 Å². The van der Waals surface area contributed by atoms with Gasteiger partial charge in [-0.2, -0.15) is 0 Å². The predicted molar refractivity (Wildman–Crippen MR) is 80.3 cm³/mol. The monoisotopic (exact) mass is 278 g/mol. The van der Waals surface area contributed by atoms with Crippen LogP contribution in [0.1, 0.15) is 37.3 Å². The van der Waals surface area contributed by atoms with Gasteiger partial charge < -0.3 is 5.73 Å². The molecular weight excluding hydrogens is 256 g/mol. The normalized spacial score (nSPS) is 20.8. The van der Waals surface area contributed by atoms with Gasteiger partial charge in [-0.25, -0.2) is 0 Å². The number of halogens is 1. The van der Waals surface area contributed by atoms with E-state index in [2.05, 4.69) is 17.0 Å². The Kier molecular flexibility index (Phi) is 4.11. The molecule has 0 aliphatic heterocycles. The third-order valence-corrected chi connectivity index (χ3v) is 4.65. The first-order valence-electron chi connectivity index (χ1n) is 7.46. The van der Waals surface area contributed by atoms with Gasteiger partial charge in [0.2, 0.25) is 0 Å². The van der Waals surface area contributed by atoms with Crippen molar-refractivity contribution in [2.75, 3.05) is 19.6 Å². The highest BCUT2D eigenvalue weighted by molar-refractivity contribution is 6.31. The molecule has 0 spiro atoms. The Hall–Kier alpha value is -0.570.